The smallest absolute Gasteiger partial charge is 0.313 e. The van der Waals surface area contributed by atoms with Gasteiger partial charge in [-0.15, -0.1) is 0 Å². The van der Waals surface area contributed by atoms with Crippen molar-refractivity contribution in [2.45, 2.75) is 31.1 Å². The highest BCUT2D eigenvalue weighted by Gasteiger charge is 2.33. The molecule has 0 atom stereocenters. The second-order valence-corrected chi connectivity index (χ2v) is 7.17. The fourth-order valence-corrected chi connectivity index (χ4v) is 3.27. The third-order valence-corrected chi connectivity index (χ3v) is 5.01. The monoisotopic (exact) mass is 372 g/mol. The van der Waals surface area contributed by atoms with Crippen molar-refractivity contribution in [3.8, 4) is 0 Å². The Morgan fingerprint density at radius 2 is 1.60 bits per heavy atom. The summed E-state index contributed by atoms with van der Waals surface area (Å²) in [6.07, 6.45) is -4.53. The molecule has 136 valence electrons. The molecule has 2 aromatic carbocycles. The number of nitrogens with one attached hydrogen (secondary N) is 2. The molecule has 8 heteroatoms. The minimum atomic E-state index is -4.53. The Bertz CT molecular complexity index is 803. The van der Waals surface area contributed by atoms with Gasteiger partial charge in [0.05, 0.1) is 10.5 Å². The average molecular weight is 372 g/mol. The number of hydrogen-bond acceptors (Lipinski definition) is 3. The normalized spacial score (nSPS) is 12.3. The third-order valence-electron chi connectivity index (χ3n) is 3.59. The average Bonchev–Trinajstić information content (AvgIpc) is 2.58. The summed E-state index contributed by atoms with van der Waals surface area (Å²) in [6.45, 7) is 2.93. The molecular formula is C17H19F3N2O2S. The zero-order chi connectivity index (χ0) is 18.5. The zero-order valence-corrected chi connectivity index (χ0v) is 14.4. The highest BCUT2D eigenvalue weighted by molar-refractivity contribution is 7.89. The number of halogens is 3. The van der Waals surface area contributed by atoms with Crippen LogP contribution in [0.15, 0.2) is 53.4 Å². The van der Waals surface area contributed by atoms with E-state index in [2.05, 4.69) is 10.0 Å². The Balaban J connectivity index is 2.12. The molecule has 2 rings (SSSR count). The SMILES string of the molecule is CCNCc1ccc(S(=O)(=O)NCc2ccccc2C(F)(F)F)cc1. The van der Waals surface area contributed by atoms with E-state index in [4.69, 9.17) is 0 Å². The van der Waals surface area contributed by atoms with Crippen molar-refractivity contribution in [2.75, 3.05) is 6.54 Å². The molecule has 0 spiro atoms. The molecule has 0 amide bonds. The van der Waals surface area contributed by atoms with Gasteiger partial charge in [-0.3, -0.25) is 0 Å². The standard InChI is InChI=1S/C17H19F3N2O2S/c1-2-21-11-13-7-9-15(10-8-13)25(23,24)22-12-14-5-3-4-6-16(14)17(18,19)20/h3-10,21-22H,2,11-12H2,1H3. The molecule has 2 N–H and O–H groups in total. The largest absolute Gasteiger partial charge is 0.416 e. The van der Waals surface area contributed by atoms with Crippen molar-refractivity contribution in [3.05, 3.63) is 65.2 Å². The minimum Gasteiger partial charge on any atom is -0.313 e. The zero-order valence-electron chi connectivity index (χ0n) is 13.6. The first-order valence-corrected chi connectivity index (χ1v) is 9.17. The van der Waals surface area contributed by atoms with E-state index in [0.717, 1.165) is 18.2 Å². The maximum atomic E-state index is 13.0. The molecule has 0 saturated heterocycles. The van der Waals surface area contributed by atoms with Crippen LogP contribution in [-0.4, -0.2) is 15.0 Å². The molecule has 0 heterocycles. The molecule has 0 aliphatic heterocycles. The van der Waals surface area contributed by atoms with Gasteiger partial charge in [-0.25, -0.2) is 13.1 Å². The van der Waals surface area contributed by atoms with Gasteiger partial charge >= 0.3 is 6.18 Å². The van der Waals surface area contributed by atoms with Crippen molar-refractivity contribution in [3.63, 3.8) is 0 Å². The Kier molecular flexibility index (Phi) is 6.21. The lowest BCUT2D eigenvalue weighted by Crippen LogP contribution is -2.25. The van der Waals surface area contributed by atoms with Crippen LogP contribution >= 0.6 is 0 Å². The molecule has 0 radical (unpaired) electrons. The predicted molar refractivity (Wildman–Crippen MR) is 89.3 cm³/mol. The van der Waals surface area contributed by atoms with Crippen LogP contribution < -0.4 is 10.0 Å². The lowest BCUT2D eigenvalue weighted by Gasteiger charge is -2.13. The highest BCUT2D eigenvalue weighted by atomic mass is 32.2. The van der Waals surface area contributed by atoms with Crippen molar-refractivity contribution >= 4 is 10.0 Å². The van der Waals surface area contributed by atoms with E-state index in [1.165, 1.54) is 30.3 Å². The van der Waals surface area contributed by atoms with Gasteiger partial charge in [0.2, 0.25) is 10.0 Å². The second-order valence-electron chi connectivity index (χ2n) is 5.40. The number of sulfonamides is 1. The van der Waals surface area contributed by atoms with E-state index in [1.54, 1.807) is 12.1 Å². The summed E-state index contributed by atoms with van der Waals surface area (Å²) in [5.41, 5.74) is -0.0516. The van der Waals surface area contributed by atoms with Crippen molar-refractivity contribution in [2.24, 2.45) is 0 Å². The third kappa shape index (κ3) is 5.29. The topological polar surface area (TPSA) is 58.2 Å². The van der Waals surface area contributed by atoms with Gasteiger partial charge < -0.3 is 5.32 Å². The van der Waals surface area contributed by atoms with E-state index >= 15 is 0 Å². The molecule has 4 nitrogen and oxygen atoms in total. The summed E-state index contributed by atoms with van der Waals surface area (Å²) < 4.78 is 65.7. The molecule has 25 heavy (non-hydrogen) atoms. The van der Waals surface area contributed by atoms with Crippen LogP contribution in [0.2, 0.25) is 0 Å². The van der Waals surface area contributed by atoms with Crippen LogP contribution in [0.5, 0.6) is 0 Å². The number of benzene rings is 2. The van der Waals surface area contributed by atoms with Crippen molar-refractivity contribution in [1.82, 2.24) is 10.0 Å². The summed E-state index contributed by atoms with van der Waals surface area (Å²) in [5.74, 6) is 0. The molecule has 0 fully saturated rings. The van der Waals surface area contributed by atoms with E-state index in [0.29, 0.717) is 6.54 Å². The van der Waals surface area contributed by atoms with E-state index in [1.807, 2.05) is 6.92 Å². The van der Waals surface area contributed by atoms with Crippen LogP contribution in [0.1, 0.15) is 23.6 Å². The van der Waals surface area contributed by atoms with E-state index in [-0.39, 0.29) is 10.5 Å². The van der Waals surface area contributed by atoms with Crippen LogP contribution in [0.4, 0.5) is 13.2 Å². The molecule has 0 unspecified atom stereocenters. The Morgan fingerprint density at radius 1 is 0.960 bits per heavy atom. The maximum Gasteiger partial charge on any atom is 0.416 e. The van der Waals surface area contributed by atoms with Gasteiger partial charge in [0.15, 0.2) is 0 Å². The highest BCUT2D eigenvalue weighted by Crippen LogP contribution is 2.31. The first-order valence-electron chi connectivity index (χ1n) is 7.68. The summed E-state index contributed by atoms with van der Waals surface area (Å²) in [7, 11) is -3.90. The first kappa shape index (κ1) is 19.4. The van der Waals surface area contributed by atoms with Crippen molar-refractivity contribution in [1.29, 1.82) is 0 Å². The van der Waals surface area contributed by atoms with Gasteiger partial charge in [-0.05, 0) is 35.9 Å². The van der Waals surface area contributed by atoms with Crippen LogP contribution in [-0.2, 0) is 29.3 Å². The van der Waals surface area contributed by atoms with Gasteiger partial charge in [0.1, 0.15) is 0 Å². The quantitative estimate of drug-likeness (QED) is 0.784. The summed E-state index contributed by atoms with van der Waals surface area (Å²) in [4.78, 5) is 0.0113. The molecule has 0 saturated carbocycles. The lowest BCUT2D eigenvalue weighted by molar-refractivity contribution is -0.138. The lowest BCUT2D eigenvalue weighted by atomic mass is 10.1. The molecule has 0 aliphatic rings. The second kappa shape index (κ2) is 7.99. The minimum absolute atomic E-state index is 0.0113. The van der Waals surface area contributed by atoms with Crippen molar-refractivity contribution < 1.29 is 21.6 Å². The van der Waals surface area contributed by atoms with Crippen LogP contribution in [0.25, 0.3) is 0 Å². The summed E-state index contributed by atoms with van der Waals surface area (Å²) in [5, 5.41) is 3.12. The van der Waals surface area contributed by atoms with E-state index in [9.17, 15) is 21.6 Å². The Labute approximate surface area is 145 Å². The number of hydrogen-bond donors (Lipinski definition) is 2. The molecular weight excluding hydrogens is 353 g/mol. The predicted octanol–water partition coefficient (Wildman–Crippen LogP) is 3.29. The summed E-state index contributed by atoms with van der Waals surface area (Å²) in [6, 6.07) is 11.1. The van der Waals surface area contributed by atoms with Gasteiger partial charge in [0, 0.05) is 13.1 Å². The summed E-state index contributed by atoms with van der Waals surface area (Å²) >= 11 is 0. The Hall–Kier alpha value is -1.90. The van der Waals surface area contributed by atoms with Gasteiger partial charge in [-0.2, -0.15) is 13.2 Å². The van der Waals surface area contributed by atoms with E-state index < -0.39 is 28.3 Å². The van der Waals surface area contributed by atoms with Gasteiger partial charge in [-0.1, -0.05) is 37.3 Å². The molecule has 2 aromatic rings. The first-order chi connectivity index (χ1) is 11.7. The van der Waals surface area contributed by atoms with Gasteiger partial charge in [0.25, 0.3) is 0 Å². The van der Waals surface area contributed by atoms with Crippen LogP contribution in [0, 0.1) is 0 Å². The number of alkyl halides is 3. The molecule has 0 aliphatic carbocycles. The van der Waals surface area contributed by atoms with Crippen LogP contribution in [0.3, 0.4) is 0 Å². The maximum absolute atomic E-state index is 13.0. The molecule has 0 aromatic heterocycles. The Morgan fingerprint density at radius 3 is 2.20 bits per heavy atom. The molecule has 0 bridgehead atoms. The fraction of sp³-hybridized carbons (Fsp3) is 0.294. The number of rotatable bonds is 7. The fourth-order valence-electron chi connectivity index (χ4n) is 2.26.